The summed E-state index contributed by atoms with van der Waals surface area (Å²) in [6, 6.07) is 12.0. The van der Waals surface area contributed by atoms with Gasteiger partial charge in [0.15, 0.2) is 0 Å². The highest BCUT2D eigenvalue weighted by Crippen LogP contribution is 2.25. The van der Waals surface area contributed by atoms with E-state index < -0.39 is 0 Å². The zero-order valence-corrected chi connectivity index (χ0v) is 23.4. The molecule has 4 heteroatoms. The van der Waals surface area contributed by atoms with Crippen molar-refractivity contribution < 1.29 is 9.53 Å². The van der Waals surface area contributed by atoms with Gasteiger partial charge in [0.1, 0.15) is 13.5 Å². The van der Waals surface area contributed by atoms with Crippen LogP contribution < -0.4 is 0 Å². The Balaban J connectivity index is -0.000000503. The van der Waals surface area contributed by atoms with E-state index in [4.69, 9.17) is 9.53 Å². The van der Waals surface area contributed by atoms with E-state index in [2.05, 4.69) is 29.9 Å². The maximum atomic E-state index is 8.00. The number of hydrazine groups is 1. The molecular weight excluding hydrogens is 432 g/mol. The van der Waals surface area contributed by atoms with Gasteiger partial charge >= 0.3 is 0 Å². The lowest BCUT2D eigenvalue weighted by atomic mass is 9.90. The van der Waals surface area contributed by atoms with Crippen LogP contribution in [0.4, 0.5) is 0 Å². The van der Waals surface area contributed by atoms with E-state index in [1.165, 1.54) is 70.9 Å². The summed E-state index contributed by atoms with van der Waals surface area (Å²) in [5, 5.41) is 4.80. The Morgan fingerprint density at radius 3 is 1.63 bits per heavy atom. The van der Waals surface area contributed by atoms with Crippen molar-refractivity contribution in [3.05, 3.63) is 48.0 Å². The second-order valence-electron chi connectivity index (χ2n) is 8.18. The highest BCUT2D eigenvalue weighted by molar-refractivity contribution is 5.14. The van der Waals surface area contributed by atoms with Crippen LogP contribution in [0.5, 0.6) is 0 Å². The summed E-state index contributed by atoms with van der Waals surface area (Å²) in [6.45, 7) is 19.7. The molecule has 2 fully saturated rings. The Morgan fingerprint density at radius 2 is 1.29 bits per heavy atom. The Morgan fingerprint density at radius 1 is 0.829 bits per heavy atom. The van der Waals surface area contributed by atoms with Gasteiger partial charge in [0.05, 0.1) is 6.61 Å². The third-order valence-corrected chi connectivity index (χ3v) is 5.79. The summed E-state index contributed by atoms with van der Waals surface area (Å²) in [7, 11) is 0. The van der Waals surface area contributed by atoms with Crippen LogP contribution in [0.25, 0.3) is 0 Å². The molecule has 1 saturated carbocycles. The first-order valence-electron chi connectivity index (χ1n) is 13.9. The molecule has 1 aliphatic heterocycles. The summed E-state index contributed by atoms with van der Waals surface area (Å²) < 4.78 is 5.91. The maximum absolute atomic E-state index is 8.00. The van der Waals surface area contributed by atoms with Crippen molar-refractivity contribution in [3.63, 3.8) is 0 Å². The maximum Gasteiger partial charge on any atom is 0.112 e. The van der Waals surface area contributed by atoms with Crippen LogP contribution in [0.3, 0.4) is 0 Å². The molecular formula is C31H60N2O2. The molecule has 35 heavy (non-hydrogen) atoms. The number of allylic oxidation sites excluding steroid dienone is 1. The molecule has 0 bridgehead atoms. The monoisotopic (exact) mass is 492 g/mol. The van der Waals surface area contributed by atoms with Crippen LogP contribution in [0.2, 0.25) is 0 Å². The lowest BCUT2D eigenvalue weighted by Gasteiger charge is -2.45. The van der Waals surface area contributed by atoms with Crippen LogP contribution in [0.15, 0.2) is 48.0 Å². The third-order valence-electron chi connectivity index (χ3n) is 5.79. The van der Waals surface area contributed by atoms with Crippen LogP contribution in [-0.2, 0) is 9.53 Å². The SMILES string of the molecule is C.C1=C(CN2CCN2COCC2CCCCC2)CC1.C=O.CC.CC.CCCC.c1ccccc1. The van der Waals surface area contributed by atoms with Crippen molar-refractivity contribution in [1.82, 2.24) is 10.0 Å². The molecule has 1 saturated heterocycles. The van der Waals surface area contributed by atoms with E-state index in [1.807, 2.05) is 70.9 Å². The van der Waals surface area contributed by atoms with Gasteiger partial charge < -0.3 is 9.53 Å². The van der Waals surface area contributed by atoms with E-state index in [9.17, 15) is 0 Å². The number of ether oxygens (including phenoxy) is 1. The summed E-state index contributed by atoms with van der Waals surface area (Å²) in [6.07, 6.45) is 14.7. The van der Waals surface area contributed by atoms with Crippen LogP contribution in [-0.4, -0.2) is 49.8 Å². The first kappa shape index (κ1) is 38.0. The molecule has 4 rings (SSSR count). The van der Waals surface area contributed by atoms with E-state index >= 15 is 0 Å². The van der Waals surface area contributed by atoms with Crippen LogP contribution >= 0.6 is 0 Å². The Hall–Kier alpha value is -1.49. The molecule has 2 aliphatic carbocycles. The van der Waals surface area contributed by atoms with Crippen molar-refractivity contribution in [2.45, 2.75) is 107 Å². The minimum Gasteiger partial charge on any atom is -0.365 e. The predicted molar refractivity (Wildman–Crippen MR) is 157 cm³/mol. The zero-order chi connectivity index (χ0) is 25.9. The van der Waals surface area contributed by atoms with Gasteiger partial charge in [0.2, 0.25) is 0 Å². The molecule has 0 radical (unpaired) electrons. The fraction of sp³-hybridized carbons (Fsp3) is 0.710. The van der Waals surface area contributed by atoms with Gasteiger partial charge in [-0.3, -0.25) is 0 Å². The standard InChI is InChI=1S/C15H26N2O.C6H6.C4H10.2C2H6.CH2O.CH4/c1-2-5-15(6-3-1)12-18-13-17-10-9-16(17)11-14-7-4-8-14;1-2-4-6-5-3-1;1-3-4-2;3*1-2;/h7,15H,1-6,8-13H2;1-6H;3-4H2,1-2H3;2*1-2H3;1H2;1H4. The molecule has 3 aliphatic rings. The van der Waals surface area contributed by atoms with Crippen molar-refractivity contribution in [3.8, 4) is 0 Å². The summed E-state index contributed by atoms with van der Waals surface area (Å²) in [4.78, 5) is 8.00. The van der Waals surface area contributed by atoms with Crippen molar-refractivity contribution in [2.75, 3.05) is 33.0 Å². The van der Waals surface area contributed by atoms with Crippen LogP contribution in [0.1, 0.15) is 107 Å². The number of hydrogen-bond acceptors (Lipinski definition) is 4. The Kier molecular flexibility index (Phi) is 33.2. The quantitative estimate of drug-likeness (QED) is 0.356. The first-order valence-corrected chi connectivity index (χ1v) is 13.9. The highest BCUT2D eigenvalue weighted by Gasteiger charge is 2.26. The topological polar surface area (TPSA) is 32.8 Å². The number of carbonyl (C=O) groups is 1. The number of rotatable bonds is 7. The second kappa shape index (κ2) is 30.5. The van der Waals surface area contributed by atoms with Crippen molar-refractivity contribution >= 4 is 6.79 Å². The molecule has 0 atom stereocenters. The first-order chi connectivity index (χ1) is 16.8. The predicted octanol–water partition coefficient (Wildman–Crippen LogP) is 8.79. The normalized spacial score (nSPS) is 16.3. The number of hydrogen-bond donors (Lipinski definition) is 0. The summed E-state index contributed by atoms with van der Waals surface area (Å²) >= 11 is 0. The van der Waals surface area contributed by atoms with Gasteiger partial charge in [0, 0.05) is 19.6 Å². The largest absolute Gasteiger partial charge is 0.365 e. The van der Waals surface area contributed by atoms with Gasteiger partial charge in [-0.2, -0.15) is 0 Å². The molecule has 0 unspecified atom stereocenters. The second-order valence-corrected chi connectivity index (χ2v) is 8.18. The van der Waals surface area contributed by atoms with E-state index in [-0.39, 0.29) is 7.43 Å². The Bertz CT molecular complexity index is 501. The molecule has 0 spiro atoms. The Labute approximate surface area is 220 Å². The van der Waals surface area contributed by atoms with Gasteiger partial charge in [-0.05, 0) is 31.6 Å². The van der Waals surface area contributed by atoms with E-state index in [0.717, 1.165) is 25.8 Å². The number of carbonyl (C=O) groups excluding carboxylic acids is 1. The molecule has 0 N–H and O–H groups in total. The molecule has 1 aromatic rings. The molecule has 4 nitrogen and oxygen atoms in total. The minimum absolute atomic E-state index is 0. The van der Waals surface area contributed by atoms with E-state index in [1.54, 1.807) is 5.57 Å². The lowest BCUT2D eigenvalue weighted by molar-refractivity contribution is -0.169. The van der Waals surface area contributed by atoms with E-state index in [0.29, 0.717) is 0 Å². The van der Waals surface area contributed by atoms with Crippen molar-refractivity contribution in [1.29, 1.82) is 0 Å². The van der Waals surface area contributed by atoms with Gasteiger partial charge in [-0.25, -0.2) is 10.0 Å². The fourth-order valence-electron chi connectivity index (χ4n) is 3.50. The van der Waals surface area contributed by atoms with Gasteiger partial charge in [0.25, 0.3) is 0 Å². The molecule has 1 heterocycles. The average molecular weight is 493 g/mol. The number of benzene rings is 1. The summed E-state index contributed by atoms with van der Waals surface area (Å²) in [5.41, 5.74) is 1.62. The molecule has 0 aromatic heterocycles. The fourth-order valence-corrected chi connectivity index (χ4v) is 3.50. The number of nitrogens with zero attached hydrogens (tertiary/aromatic N) is 2. The summed E-state index contributed by atoms with van der Waals surface area (Å²) in [5.74, 6) is 0.836. The smallest absolute Gasteiger partial charge is 0.112 e. The molecule has 206 valence electrons. The van der Waals surface area contributed by atoms with Gasteiger partial charge in [-0.15, -0.1) is 0 Å². The zero-order valence-electron chi connectivity index (χ0n) is 23.4. The number of unbranched alkanes of at least 4 members (excludes halogenated alkanes) is 1. The van der Waals surface area contributed by atoms with Crippen molar-refractivity contribution in [2.24, 2.45) is 5.92 Å². The van der Waals surface area contributed by atoms with Crippen LogP contribution in [0, 0.1) is 5.92 Å². The van der Waals surface area contributed by atoms with Gasteiger partial charge in [-0.1, -0.05) is 129 Å². The minimum atomic E-state index is 0. The third kappa shape index (κ3) is 20.4. The average Bonchev–Trinajstić information content (AvgIpc) is 2.91. The highest BCUT2D eigenvalue weighted by atomic mass is 16.5. The lowest BCUT2D eigenvalue weighted by Crippen LogP contribution is -2.58. The molecule has 0 amide bonds. The molecule has 1 aromatic carbocycles.